The lowest BCUT2D eigenvalue weighted by molar-refractivity contribution is -0.138. The van der Waals surface area contributed by atoms with Gasteiger partial charge in [0, 0.05) is 31.6 Å². The third-order valence-corrected chi connectivity index (χ3v) is 3.91. The molecule has 0 aromatic heterocycles. The second kappa shape index (κ2) is 5.59. The zero-order chi connectivity index (χ0) is 16.7. The van der Waals surface area contributed by atoms with Gasteiger partial charge in [-0.3, -0.25) is 0 Å². The average molecular weight is 323 g/mol. The summed E-state index contributed by atoms with van der Waals surface area (Å²) in [4.78, 5) is 1.51. The number of hydrogen-bond donors (Lipinski definition) is 1. The molecular weight excluding hydrogens is 305 g/mol. The van der Waals surface area contributed by atoms with Crippen molar-refractivity contribution >= 4 is 5.69 Å². The fourth-order valence-corrected chi connectivity index (χ4v) is 2.57. The van der Waals surface area contributed by atoms with E-state index in [1.165, 1.54) is 11.0 Å². The van der Waals surface area contributed by atoms with Gasteiger partial charge in [0.1, 0.15) is 5.75 Å². The van der Waals surface area contributed by atoms with Gasteiger partial charge >= 0.3 is 6.18 Å². The van der Waals surface area contributed by atoms with E-state index in [2.05, 4.69) is 0 Å². The van der Waals surface area contributed by atoms with Crippen LogP contribution in [0.2, 0.25) is 0 Å². The van der Waals surface area contributed by atoms with Crippen LogP contribution in [0.5, 0.6) is 5.75 Å². The SMILES string of the molecule is CC(C)c1cc(N2CCC(F)(F)CC2)cc(C(F)(F)F)c1O. The fraction of sp³-hybridized carbons (Fsp3) is 0.600. The number of hydrogen-bond acceptors (Lipinski definition) is 2. The number of phenolic OH excluding ortho intramolecular Hbond substituents is 1. The second-order valence-electron chi connectivity index (χ2n) is 5.93. The molecule has 2 nitrogen and oxygen atoms in total. The summed E-state index contributed by atoms with van der Waals surface area (Å²) in [5.74, 6) is -3.86. The van der Waals surface area contributed by atoms with Crippen molar-refractivity contribution in [2.24, 2.45) is 0 Å². The van der Waals surface area contributed by atoms with Crippen LogP contribution in [0, 0.1) is 0 Å². The Balaban J connectivity index is 2.42. The molecule has 0 radical (unpaired) electrons. The van der Waals surface area contributed by atoms with E-state index in [0.29, 0.717) is 0 Å². The molecule has 1 aliphatic rings. The van der Waals surface area contributed by atoms with Crippen molar-refractivity contribution in [3.05, 3.63) is 23.3 Å². The number of nitrogens with zero attached hydrogens (tertiary/aromatic N) is 1. The predicted octanol–water partition coefficient (Wildman–Crippen LogP) is 4.77. The van der Waals surface area contributed by atoms with Crippen LogP contribution >= 0.6 is 0 Å². The molecule has 0 atom stereocenters. The Labute approximate surface area is 125 Å². The van der Waals surface area contributed by atoms with Crippen molar-refractivity contribution in [2.75, 3.05) is 18.0 Å². The Morgan fingerprint density at radius 1 is 1.14 bits per heavy atom. The van der Waals surface area contributed by atoms with E-state index < -0.39 is 23.4 Å². The standard InChI is InChI=1S/C15H18F5NO/c1-9(2)11-7-10(8-12(13(11)22)15(18,19)20)21-5-3-14(16,17)4-6-21/h7-9,22H,3-6H2,1-2H3. The molecule has 0 bridgehead atoms. The van der Waals surface area contributed by atoms with Gasteiger partial charge in [0.05, 0.1) is 5.56 Å². The van der Waals surface area contributed by atoms with Crippen molar-refractivity contribution in [3.8, 4) is 5.75 Å². The molecular formula is C15H18F5NO. The maximum absolute atomic E-state index is 13.2. The lowest BCUT2D eigenvalue weighted by Gasteiger charge is -2.34. The number of aromatic hydroxyl groups is 1. The molecule has 7 heteroatoms. The minimum Gasteiger partial charge on any atom is -0.507 e. The molecule has 0 unspecified atom stereocenters. The molecule has 2 rings (SSSR count). The number of alkyl halides is 5. The minimum atomic E-state index is -4.69. The molecule has 1 aliphatic heterocycles. The van der Waals surface area contributed by atoms with Gasteiger partial charge in [-0.05, 0) is 23.6 Å². The van der Waals surface area contributed by atoms with Gasteiger partial charge in [-0.15, -0.1) is 0 Å². The first-order valence-corrected chi connectivity index (χ1v) is 7.08. The fourth-order valence-electron chi connectivity index (χ4n) is 2.57. The van der Waals surface area contributed by atoms with Crippen LogP contribution in [0.4, 0.5) is 27.6 Å². The third-order valence-electron chi connectivity index (χ3n) is 3.91. The number of rotatable bonds is 2. The van der Waals surface area contributed by atoms with Gasteiger partial charge in [0.15, 0.2) is 0 Å². The normalized spacial score (nSPS) is 18.8. The van der Waals surface area contributed by atoms with Gasteiger partial charge in [0.25, 0.3) is 5.92 Å². The molecule has 1 fully saturated rings. The van der Waals surface area contributed by atoms with Crippen LogP contribution in [-0.4, -0.2) is 24.1 Å². The van der Waals surface area contributed by atoms with Crippen LogP contribution in [0.1, 0.15) is 43.7 Å². The summed E-state index contributed by atoms with van der Waals surface area (Å²) < 4.78 is 65.6. The molecule has 0 aliphatic carbocycles. The van der Waals surface area contributed by atoms with Crippen LogP contribution in [0.15, 0.2) is 12.1 Å². The van der Waals surface area contributed by atoms with Crippen molar-refractivity contribution in [1.82, 2.24) is 0 Å². The Hall–Kier alpha value is -1.53. The number of benzene rings is 1. The molecule has 0 spiro atoms. The molecule has 124 valence electrons. The van der Waals surface area contributed by atoms with Gasteiger partial charge in [-0.25, -0.2) is 8.78 Å². The number of phenols is 1. The lowest BCUT2D eigenvalue weighted by Crippen LogP contribution is -2.39. The zero-order valence-corrected chi connectivity index (χ0v) is 12.3. The first kappa shape index (κ1) is 16.8. The third kappa shape index (κ3) is 3.44. The minimum absolute atomic E-state index is 0.00733. The summed E-state index contributed by atoms with van der Waals surface area (Å²) in [5, 5.41) is 9.84. The summed E-state index contributed by atoms with van der Waals surface area (Å²) in [7, 11) is 0. The predicted molar refractivity (Wildman–Crippen MR) is 73.6 cm³/mol. The summed E-state index contributed by atoms with van der Waals surface area (Å²) in [6.45, 7) is 3.33. The number of piperidine rings is 1. The number of halogens is 5. The maximum Gasteiger partial charge on any atom is 0.420 e. The lowest BCUT2D eigenvalue weighted by atomic mass is 9.96. The van der Waals surface area contributed by atoms with Crippen LogP contribution in [0.3, 0.4) is 0 Å². The van der Waals surface area contributed by atoms with Gasteiger partial charge in [-0.1, -0.05) is 13.8 Å². The van der Waals surface area contributed by atoms with E-state index in [4.69, 9.17) is 0 Å². The Bertz CT molecular complexity index is 544. The van der Waals surface area contributed by atoms with E-state index in [1.807, 2.05) is 0 Å². The topological polar surface area (TPSA) is 23.5 Å². The highest BCUT2D eigenvalue weighted by molar-refractivity contribution is 5.59. The Kier molecular flexibility index (Phi) is 4.28. The van der Waals surface area contributed by atoms with Crippen molar-refractivity contribution in [2.45, 2.75) is 44.7 Å². The molecule has 1 aromatic carbocycles. The second-order valence-corrected chi connectivity index (χ2v) is 5.93. The Morgan fingerprint density at radius 2 is 1.68 bits per heavy atom. The maximum atomic E-state index is 13.2. The van der Waals surface area contributed by atoms with Crippen molar-refractivity contribution in [3.63, 3.8) is 0 Å². The molecule has 1 aromatic rings. The van der Waals surface area contributed by atoms with Crippen LogP contribution in [0.25, 0.3) is 0 Å². The van der Waals surface area contributed by atoms with Gasteiger partial charge < -0.3 is 10.0 Å². The first-order chi connectivity index (χ1) is 10.0. The van der Waals surface area contributed by atoms with E-state index in [1.54, 1.807) is 13.8 Å². The van der Waals surface area contributed by atoms with Gasteiger partial charge in [0.2, 0.25) is 0 Å². The first-order valence-electron chi connectivity index (χ1n) is 7.08. The van der Waals surface area contributed by atoms with E-state index >= 15 is 0 Å². The summed E-state index contributed by atoms with van der Waals surface area (Å²) in [6, 6.07) is 2.30. The quantitative estimate of drug-likeness (QED) is 0.793. The highest BCUT2D eigenvalue weighted by Crippen LogP contribution is 2.43. The van der Waals surface area contributed by atoms with E-state index in [9.17, 15) is 27.1 Å². The zero-order valence-electron chi connectivity index (χ0n) is 12.3. The highest BCUT2D eigenvalue weighted by Gasteiger charge is 2.38. The van der Waals surface area contributed by atoms with Crippen LogP contribution in [-0.2, 0) is 6.18 Å². The largest absolute Gasteiger partial charge is 0.507 e. The molecule has 1 saturated heterocycles. The number of anilines is 1. The molecule has 0 saturated carbocycles. The van der Waals surface area contributed by atoms with Gasteiger partial charge in [-0.2, -0.15) is 13.2 Å². The summed E-state index contributed by atoms with van der Waals surface area (Å²) in [5.41, 5.74) is -0.725. The molecule has 22 heavy (non-hydrogen) atoms. The average Bonchev–Trinajstić information content (AvgIpc) is 2.37. The summed E-state index contributed by atoms with van der Waals surface area (Å²) >= 11 is 0. The smallest absolute Gasteiger partial charge is 0.420 e. The van der Waals surface area contributed by atoms with Crippen molar-refractivity contribution in [1.29, 1.82) is 0 Å². The molecule has 0 amide bonds. The van der Waals surface area contributed by atoms with E-state index in [0.717, 1.165) is 6.07 Å². The Morgan fingerprint density at radius 3 is 2.14 bits per heavy atom. The molecule has 1 N–H and O–H groups in total. The van der Waals surface area contributed by atoms with Crippen molar-refractivity contribution < 1.29 is 27.1 Å². The molecule has 1 heterocycles. The monoisotopic (exact) mass is 323 g/mol. The van der Waals surface area contributed by atoms with E-state index in [-0.39, 0.29) is 43.1 Å². The highest BCUT2D eigenvalue weighted by atomic mass is 19.4. The van der Waals surface area contributed by atoms with Crippen LogP contribution < -0.4 is 4.90 Å². The summed E-state index contributed by atoms with van der Waals surface area (Å²) in [6.07, 6.45) is -5.46.